The monoisotopic (exact) mass is 536 g/mol. The Morgan fingerprint density at radius 1 is 0.357 bits per heavy atom. The van der Waals surface area contributed by atoms with Crippen molar-refractivity contribution in [3.05, 3.63) is 157 Å². The third-order valence-electron chi connectivity index (χ3n) is 7.39. The predicted molar refractivity (Wildman–Crippen MR) is 171 cm³/mol. The Kier molecular flexibility index (Phi) is 6.52. The first-order chi connectivity index (χ1) is 20.8. The van der Waals surface area contributed by atoms with E-state index in [1.165, 1.54) is 0 Å². The summed E-state index contributed by atoms with van der Waals surface area (Å²) in [7, 11) is 0. The van der Waals surface area contributed by atoms with Crippen molar-refractivity contribution >= 4 is 16.5 Å². The summed E-state index contributed by atoms with van der Waals surface area (Å²) in [6.07, 6.45) is 0. The summed E-state index contributed by atoms with van der Waals surface area (Å²) in [5.74, 6) is 1.92. The molecule has 1 heterocycles. The molecule has 0 spiro atoms. The van der Waals surface area contributed by atoms with E-state index in [4.69, 9.17) is 21.5 Å². The van der Waals surface area contributed by atoms with Crippen LogP contribution < -0.4 is 0 Å². The number of benzene rings is 6. The van der Waals surface area contributed by atoms with Crippen molar-refractivity contribution in [1.29, 1.82) is 0 Å². The Hall–Kier alpha value is -5.92. The van der Waals surface area contributed by atoms with Crippen LogP contribution in [-0.4, -0.2) is 15.0 Å². The van der Waals surface area contributed by atoms with Crippen LogP contribution >= 0.6 is 0 Å². The minimum absolute atomic E-state index is 0.630. The number of fused-ring (bicyclic) bond motifs is 1. The molecule has 6 aromatic carbocycles. The minimum atomic E-state index is 0.630. The minimum Gasteiger partial charge on any atom is -0.238 e. The maximum atomic E-state index is 7.64. The van der Waals surface area contributed by atoms with Gasteiger partial charge in [0.15, 0.2) is 23.2 Å². The third-order valence-corrected chi connectivity index (χ3v) is 7.39. The molecule has 0 aliphatic heterocycles. The topological polar surface area (TPSA) is 43.0 Å². The van der Waals surface area contributed by atoms with Gasteiger partial charge < -0.3 is 0 Å². The van der Waals surface area contributed by atoms with E-state index in [0.29, 0.717) is 23.2 Å². The molecule has 0 saturated heterocycles. The predicted octanol–water partition coefficient (Wildman–Crippen LogP) is 9.91. The molecule has 1 aromatic heterocycles. The molecule has 0 fully saturated rings. The fourth-order valence-corrected chi connectivity index (χ4v) is 5.33. The van der Waals surface area contributed by atoms with Gasteiger partial charge in [-0.25, -0.2) is 19.8 Å². The Balaban J connectivity index is 1.31. The Morgan fingerprint density at radius 2 is 0.786 bits per heavy atom. The van der Waals surface area contributed by atoms with Gasteiger partial charge >= 0.3 is 0 Å². The lowest BCUT2D eigenvalue weighted by molar-refractivity contribution is 1.07. The second-order valence-electron chi connectivity index (χ2n) is 9.95. The van der Waals surface area contributed by atoms with E-state index in [1.807, 2.05) is 84.9 Å². The summed E-state index contributed by atoms with van der Waals surface area (Å²) in [4.78, 5) is 18.3. The molecule has 0 N–H and O–H groups in total. The standard InChI is InChI=1S/C38H24N4/c1-39-35-21-9-8-16-34(35)33-20-11-18-31-30(17-10-19-32(31)33)26-22-24-29(25-23-26)38-41-36(27-12-4-2-5-13-27)40-37(42-38)28-14-6-3-7-15-28/h2-25H. The smallest absolute Gasteiger partial charge is 0.194 e. The molecule has 0 amide bonds. The van der Waals surface area contributed by atoms with Crippen molar-refractivity contribution in [3.63, 3.8) is 0 Å². The number of para-hydroxylation sites is 1. The fraction of sp³-hybridized carbons (Fsp3) is 0. The quantitative estimate of drug-likeness (QED) is 0.206. The number of hydrogen-bond acceptors (Lipinski definition) is 3. The second-order valence-corrected chi connectivity index (χ2v) is 9.95. The van der Waals surface area contributed by atoms with Gasteiger partial charge in [0.2, 0.25) is 0 Å². The van der Waals surface area contributed by atoms with Crippen molar-refractivity contribution in [1.82, 2.24) is 15.0 Å². The molecule has 4 nitrogen and oxygen atoms in total. The highest BCUT2D eigenvalue weighted by Crippen LogP contribution is 2.38. The van der Waals surface area contributed by atoms with Gasteiger partial charge in [0.1, 0.15) is 0 Å². The molecule has 0 bridgehead atoms. The van der Waals surface area contributed by atoms with Gasteiger partial charge in [0.05, 0.1) is 6.57 Å². The maximum Gasteiger partial charge on any atom is 0.194 e. The van der Waals surface area contributed by atoms with Gasteiger partial charge in [0, 0.05) is 16.7 Å². The van der Waals surface area contributed by atoms with Gasteiger partial charge in [-0.15, -0.1) is 0 Å². The maximum absolute atomic E-state index is 7.64. The molecule has 0 aliphatic carbocycles. The van der Waals surface area contributed by atoms with E-state index < -0.39 is 0 Å². The molecule has 0 atom stereocenters. The first-order valence-electron chi connectivity index (χ1n) is 13.7. The average molecular weight is 537 g/mol. The van der Waals surface area contributed by atoms with Gasteiger partial charge in [-0.1, -0.05) is 146 Å². The highest BCUT2D eigenvalue weighted by Gasteiger charge is 2.14. The van der Waals surface area contributed by atoms with E-state index in [1.54, 1.807) is 0 Å². The fourth-order valence-electron chi connectivity index (χ4n) is 5.33. The number of rotatable bonds is 5. The van der Waals surface area contributed by atoms with Crippen molar-refractivity contribution in [2.75, 3.05) is 0 Å². The van der Waals surface area contributed by atoms with Crippen molar-refractivity contribution in [2.24, 2.45) is 0 Å². The summed E-state index contributed by atoms with van der Waals surface area (Å²) in [6, 6.07) is 48.9. The molecule has 7 rings (SSSR count). The first kappa shape index (κ1) is 25.1. The lowest BCUT2D eigenvalue weighted by Gasteiger charge is -2.13. The lowest BCUT2D eigenvalue weighted by Crippen LogP contribution is -2.00. The van der Waals surface area contributed by atoms with E-state index in [2.05, 4.69) is 65.5 Å². The summed E-state index contributed by atoms with van der Waals surface area (Å²) < 4.78 is 0. The number of aromatic nitrogens is 3. The van der Waals surface area contributed by atoms with Crippen LogP contribution in [0.15, 0.2) is 146 Å². The largest absolute Gasteiger partial charge is 0.238 e. The molecular formula is C38H24N4. The van der Waals surface area contributed by atoms with Gasteiger partial charge in [-0.2, -0.15) is 0 Å². The third kappa shape index (κ3) is 4.70. The van der Waals surface area contributed by atoms with E-state index in [9.17, 15) is 0 Å². The van der Waals surface area contributed by atoms with Crippen LogP contribution in [0.3, 0.4) is 0 Å². The van der Waals surface area contributed by atoms with E-state index in [0.717, 1.165) is 49.7 Å². The normalized spacial score (nSPS) is 10.8. The summed E-state index contributed by atoms with van der Waals surface area (Å²) in [5.41, 5.74) is 7.70. The highest BCUT2D eigenvalue weighted by molar-refractivity contribution is 6.06. The molecule has 0 aliphatic rings. The summed E-state index contributed by atoms with van der Waals surface area (Å²) in [5, 5.41) is 2.26. The van der Waals surface area contributed by atoms with Crippen LogP contribution in [0.25, 0.3) is 72.0 Å². The van der Waals surface area contributed by atoms with Crippen LogP contribution in [-0.2, 0) is 0 Å². The van der Waals surface area contributed by atoms with Crippen LogP contribution in [0.4, 0.5) is 5.69 Å². The van der Waals surface area contributed by atoms with Crippen LogP contribution in [0.5, 0.6) is 0 Å². The van der Waals surface area contributed by atoms with Gasteiger partial charge in [0.25, 0.3) is 0 Å². The van der Waals surface area contributed by atoms with Gasteiger partial charge in [-0.3, -0.25) is 0 Å². The van der Waals surface area contributed by atoms with Crippen LogP contribution in [0, 0.1) is 6.57 Å². The summed E-state index contributed by atoms with van der Waals surface area (Å²) in [6.45, 7) is 7.64. The van der Waals surface area contributed by atoms with Gasteiger partial charge in [-0.05, 0) is 33.0 Å². The number of hydrogen-bond donors (Lipinski definition) is 0. The molecule has 7 aromatic rings. The lowest BCUT2D eigenvalue weighted by atomic mass is 9.92. The SMILES string of the molecule is [C-]#[N+]c1ccccc1-c1cccc2c(-c3ccc(-c4nc(-c5ccccc5)nc(-c5ccccc5)n4)cc3)cccc12. The molecule has 0 radical (unpaired) electrons. The van der Waals surface area contributed by atoms with E-state index in [-0.39, 0.29) is 0 Å². The van der Waals surface area contributed by atoms with E-state index >= 15 is 0 Å². The Bertz CT molecular complexity index is 2020. The van der Waals surface area contributed by atoms with Crippen molar-refractivity contribution < 1.29 is 0 Å². The first-order valence-corrected chi connectivity index (χ1v) is 13.7. The zero-order valence-corrected chi connectivity index (χ0v) is 22.6. The Morgan fingerprint density at radius 3 is 1.36 bits per heavy atom. The molecule has 0 unspecified atom stereocenters. The zero-order valence-electron chi connectivity index (χ0n) is 22.6. The molecule has 42 heavy (non-hydrogen) atoms. The molecule has 196 valence electrons. The molecule has 0 saturated carbocycles. The molecular weight excluding hydrogens is 512 g/mol. The average Bonchev–Trinajstić information content (AvgIpc) is 3.08. The molecule has 4 heteroatoms. The Labute approximate surface area is 244 Å². The number of nitrogens with zero attached hydrogens (tertiary/aromatic N) is 4. The highest BCUT2D eigenvalue weighted by atomic mass is 15.0. The zero-order chi connectivity index (χ0) is 28.3. The van der Waals surface area contributed by atoms with Crippen LogP contribution in [0.1, 0.15) is 0 Å². The van der Waals surface area contributed by atoms with Crippen molar-refractivity contribution in [3.8, 4) is 56.4 Å². The summed E-state index contributed by atoms with van der Waals surface area (Å²) >= 11 is 0. The second kappa shape index (κ2) is 10.9. The van der Waals surface area contributed by atoms with Crippen molar-refractivity contribution in [2.45, 2.75) is 0 Å². The van der Waals surface area contributed by atoms with Crippen LogP contribution in [0.2, 0.25) is 0 Å².